The number of amides is 1. The maximum absolute atomic E-state index is 12.1. The van der Waals surface area contributed by atoms with E-state index in [0.29, 0.717) is 6.54 Å². The number of rotatable bonds is 8. The zero-order valence-electron chi connectivity index (χ0n) is 13.8. The summed E-state index contributed by atoms with van der Waals surface area (Å²) in [4.78, 5) is 25.8. The molecule has 1 rings (SSSR count). The summed E-state index contributed by atoms with van der Waals surface area (Å²) in [6, 6.07) is 9.35. The third-order valence-corrected chi connectivity index (χ3v) is 3.69. The van der Waals surface area contributed by atoms with Gasteiger partial charge in [-0.05, 0) is 18.5 Å². The molecule has 0 radical (unpaired) electrons. The highest BCUT2D eigenvalue weighted by Gasteiger charge is 2.26. The topological polar surface area (TPSA) is 58.6 Å². The number of esters is 1. The monoisotopic (exact) mass is 306 g/mol. The Morgan fingerprint density at radius 3 is 2.45 bits per heavy atom. The van der Waals surface area contributed by atoms with Crippen LogP contribution in [0.25, 0.3) is 0 Å². The minimum Gasteiger partial charge on any atom is -0.467 e. The molecule has 0 bridgehead atoms. The highest BCUT2D eigenvalue weighted by Crippen LogP contribution is 2.09. The first-order valence-electron chi connectivity index (χ1n) is 7.57. The number of benzene rings is 1. The third kappa shape index (κ3) is 5.85. The van der Waals surface area contributed by atoms with Crippen LogP contribution in [0, 0.1) is 5.92 Å². The average Bonchev–Trinajstić information content (AvgIpc) is 2.51. The fourth-order valence-corrected chi connectivity index (χ4v) is 2.21. The van der Waals surface area contributed by atoms with Gasteiger partial charge in [-0.15, -0.1) is 0 Å². The predicted octanol–water partition coefficient (Wildman–Crippen LogP) is 1.82. The molecular formula is C17H26N2O3. The predicted molar refractivity (Wildman–Crippen MR) is 86.2 cm³/mol. The Morgan fingerprint density at radius 1 is 1.27 bits per heavy atom. The zero-order chi connectivity index (χ0) is 16.5. The van der Waals surface area contributed by atoms with Crippen molar-refractivity contribution in [3.05, 3.63) is 35.9 Å². The van der Waals surface area contributed by atoms with Crippen LogP contribution in [0.4, 0.5) is 0 Å². The van der Waals surface area contributed by atoms with Crippen molar-refractivity contribution in [2.75, 3.05) is 20.7 Å². The van der Waals surface area contributed by atoms with Crippen LogP contribution in [0.5, 0.6) is 0 Å². The van der Waals surface area contributed by atoms with Gasteiger partial charge in [-0.2, -0.15) is 0 Å². The van der Waals surface area contributed by atoms with Gasteiger partial charge in [0.05, 0.1) is 13.7 Å². The van der Waals surface area contributed by atoms with Crippen molar-refractivity contribution in [3.8, 4) is 0 Å². The maximum Gasteiger partial charge on any atom is 0.328 e. The Labute approximate surface area is 132 Å². The molecule has 0 aliphatic heterocycles. The van der Waals surface area contributed by atoms with E-state index < -0.39 is 12.0 Å². The normalized spacial score (nSPS) is 13.5. The molecule has 22 heavy (non-hydrogen) atoms. The third-order valence-electron chi connectivity index (χ3n) is 3.69. The first-order valence-corrected chi connectivity index (χ1v) is 7.57. The molecule has 1 amide bonds. The lowest BCUT2D eigenvalue weighted by Gasteiger charge is -2.23. The van der Waals surface area contributed by atoms with Crippen LogP contribution in [0.15, 0.2) is 30.3 Å². The molecule has 2 atom stereocenters. The molecule has 1 aromatic rings. The molecule has 0 saturated carbocycles. The van der Waals surface area contributed by atoms with Crippen LogP contribution in [-0.4, -0.2) is 43.5 Å². The summed E-state index contributed by atoms with van der Waals surface area (Å²) in [5.41, 5.74) is 1.14. The summed E-state index contributed by atoms with van der Waals surface area (Å²) in [5, 5.41) is 2.78. The molecule has 0 spiro atoms. The molecule has 0 unspecified atom stereocenters. The summed E-state index contributed by atoms with van der Waals surface area (Å²) < 4.78 is 4.77. The highest BCUT2D eigenvalue weighted by atomic mass is 16.5. The summed E-state index contributed by atoms with van der Waals surface area (Å²) in [6.45, 7) is 4.82. The van der Waals surface area contributed by atoms with Gasteiger partial charge < -0.3 is 10.1 Å². The lowest BCUT2D eigenvalue weighted by atomic mass is 9.99. The number of ether oxygens (including phenoxy) is 1. The smallest absolute Gasteiger partial charge is 0.328 e. The minimum absolute atomic E-state index is 0.0378. The molecule has 5 heteroatoms. The fourth-order valence-electron chi connectivity index (χ4n) is 2.21. The van der Waals surface area contributed by atoms with Gasteiger partial charge in [0, 0.05) is 6.54 Å². The van der Waals surface area contributed by atoms with Crippen LogP contribution in [0.3, 0.4) is 0 Å². The Balaban J connectivity index is 2.54. The Bertz CT molecular complexity index is 476. The molecule has 0 aliphatic rings. The zero-order valence-corrected chi connectivity index (χ0v) is 13.8. The van der Waals surface area contributed by atoms with Crippen molar-refractivity contribution >= 4 is 11.9 Å². The number of hydrogen-bond donors (Lipinski definition) is 1. The largest absolute Gasteiger partial charge is 0.467 e. The van der Waals surface area contributed by atoms with Gasteiger partial charge >= 0.3 is 5.97 Å². The number of carbonyl (C=O) groups is 2. The number of nitrogens with one attached hydrogen (secondary N) is 1. The lowest BCUT2D eigenvalue weighted by molar-refractivity contribution is -0.146. The number of methoxy groups -OCH3 is 1. The van der Waals surface area contributed by atoms with Crippen molar-refractivity contribution in [1.29, 1.82) is 0 Å². The van der Waals surface area contributed by atoms with E-state index in [1.54, 1.807) is 0 Å². The molecule has 122 valence electrons. The number of hydrogen-bond acceptors (Lipinski definition) is 4. The van der Waals surface area contributed by atoms with E-state index >= 15 is 0 Å². The van der Waals surface area contributed by atoms with E-state index in [9.17, 15) is 9.59 Å². The quantitative estimate of drug-likeness (QED) is 0.744. The molecule has 0 fully saturated rings. The van der Waals surface area contributed by atoms with Crippen molar-refractivity contribution in [1.82, 2.24) is 10.2 Å². The van der Waals surface area contributed by atoms with Gasteiger partial charge in [0.2, 0.25) is 5.91 Å². The summed E-state index contributed by atoms with van der Waals surface area (Å²) >= 11 is 0. The summed E-state index contributed by atoms with van der Waals surface area (Å²) in [6.07, 6.45) is 0.792. The van der Waals surface area contributed by atoms with Crippen LogP contribution in [0.1, 0.15) is 25.8 Å². The molecule has 0 saturated heterocycles. The Hall–Kier alpha value is -1.88. The van der Waals surface area contributed by atoms with Gasteiger partial charge in [0.15, 0.2) is 0 Å². The first-order chi connectivity index (χ1) is 10.5. The summed E-state index contributed by atoms with van der Waals surface area (Å²) in [7, 11) is 3.22. The number of carbonyl (C=O) groups excluding carboxylic acids is 2. The molecular weight excluding hydrogens is 280 g/mol. The molecule has 0 aliphatic carbocycles. The second kappa shape index (κ2) is 9.20. The van der Waals surface area contributed by atoms with Gasteiger partial charge in [-0.25, -0.2) is 4.79 Å². The highest BCUT2D eigenvalue weighted by molar-refractivity contribution is 5.85. The Morgan fingerprint density at radius 2 is 1.91 bits per heavy atom. The van der Waals surface area contributed by atoms with E-state index in [0.717, 1.165) is 12.0 Å². The van der Waals surface area contributed by atoms with E-state index in [-0.39, 0.29) is 18.4 Å². The van der Waals surface area contributed by atoms with Gasteiger partial charge in [0.1, 0.15) is 6.04 Å². The number of nitrogens with zero attached hydrogens (tertiary/aromatic N) is 1. The molecule has 5 nitrogen and oxygen atoms in total. The van der Waals surface area contributed by atoms with Crippen LogP contribution < -0.4 is 5.32 Å². The van der Waals surface area contributed by atoms with Gasteiger partial charge in [-0.1, -0.05) is 50.6 Å². The van der Waals surface area contributed by atoms with E-state index in [1.165, 1.54) is 7.11 Å². The second-order valence-electron chi connectivity index (χ2n) is 5.61. The maximum atomic E-state index is 12.1. The van der Waals surface area contributed by atoms with Gasteiger partial charge in [0.25, 0.3) is 0 Å². The van der Waals surface area contributed by atoms with Crippen LogP contribution in [-0.2, 0) is 20.9 Å². The van der Waals surface area contributed by atoms with E-state index in [4.69, 9.17) is 4.74 Å². The summed E-state index contributed by atoms with van der Waals surface area (Å²) in [5.74, 6) is -0.529. The molecule has 0 aromatic heterocycles. The first kappa shape index (κ1) is 18.2. The molecule has 1 aromatic carbocycles. The van der Waals surface area contributed by atoms with Crippen molar-refractivity contribution < 1.29 is 14.3 Å². The minimum atomic E-state index is -0.590. The van der Waals surface area contributed by atoms with E-state index in [2.05, 4.69) is 5.32 Å². The van der Waals surface area contributed by atoms with E-state index in [1.807, 2.05) is 56.1 Å². The van der Waals surface area contributed by atoms with Crippen molar-refractivity contribution in [3.63, 3.8) is 0 Å². The second-order valence-corrected chi connectivity index (χ2v) is 5.61. The van der Waals surface area contributed by atoms with Crippen molar-refractivity contribution in [2.45, 2.75) is 32.9 Å². The molecule has 1 N–H and O–H groups in total. The number of likely N-dealkylation sites (N-methyl/N-ethyl adjacent to an activating group) is 1. The van der Waals surface area contributed by atoms with Crippen molar-refractivity contribution in [2.24, 2.45) is 5.92 Å². The SMILES string of the molecule is CC[C@H](C)[C@H](NC(=O)CN(C)Cc1ccccc1)C(=O)OC. The standard InChI is InChI=1S/C17H26N2O3/c1-5-13(2)16(17(21)22-4)18-15(20)12-19(3)11-14-9-7-6-8-10-14/h6-10,13,16H,5,11-12H2,1-4H3,(H,18,20)/t13-,16-/m0/s1. The fraction of sp³-hybridized carbons (Fsp3) is 0.529. The van der Waals surface area contributed by atoms with Crippen LogP contribution >= 0.6 is 0 Å². The molecule has 0 heterocycles. The Kier molecular flexibility index (Phi) is 7.60. The average molecular weight is 306 g/mol. The van der Waals surface area contributed by atoms with Gasteiger partial charge in [-0.3, -0.25) is 9.69 Å². The lowest BCUT2D eigenvalue weighted by Crippen LogP contribution is -2.48. The van der Waals surface area contributed by atoms with Crippen LogP contribution in [0.2, 0.25) is 0 Å².